The van der Waals surface area contributed by atoms with Crippen molar-refractivity contribution in [2.24, 2.45) is 0 Å². The van der Waals surface area contributed by atoms with Crippen LogP contribution in [0.15, 0.2) is 36.4 Å². The molecule has 0 aliphatic carbocycles. The lowest BCUT2D eigenvalue weighted by atomic mass is 10.2. The highest BCUT2D eigenvalue weighted by Crippen LogP contribution is 2.23. The Hall–Kier alpha value is -2.11. The number of nitrogens with one attached hydrogen (secondary N) is 1. The Morgan fingerprint density at radius 2 is 1.91 bits per heavy atom. The van der Waals surface area contributed by atoms with E-state index in [4.69, 9.17) is 27.9 Å². The zero-order chi connectivity index (χ0) is 17.0. The number of carbonyl (C=O) groups is 2. The maximum Gasteiger partial charge on any atom is 0.343 e. The number of anilines is 1. The second-order valence-corrected chi connectivity index (χ2v) is 5.52. The van der Waals surface area contributed by atoms with Gasteiger partial charge in [0.25, 0.3) is 5.91 Å². The quantitative estimate of drug-likeness (QED) is 0.834. The zero-order valence-corrected chi connectivity index (χ0v) is 13.5. The highest BCUT2D eigenvalue weighted by molar-refractivity contribution is 6.34. The molecule has 1 N–H and O–H groups in total. The number of aryl methyl sites for hydroxylation is 1. The normalized spacial score (nSPS) is 10.3. The first-order valence-corrected chi connectivity index (χ1v) is 7.31. The van der Waals surface area contributed by atoms with Crippen molar-refractivity contribution in [2.45, 2.75) is 6.92 Å². The van der Waals surface area contributed by atoms with Crippen LogP contribution in [0.2, 0.25) is 10.0 Å². The summed E-state index contributed by atoms with van der Waals surface area (Å²) in [7, 11) is 0. The molecule has 0 radical (unpaired) electrons. The van der Waals surface area contributed by atoms with Crippen LogP contribution in [0.1, 0.15) is 15.9 Å². The van der Waals surface area contributed by atoms with Gasteiger partial charge in [0.2, 0.25) is 0 Å². The van der Waals surface area contributed by atoms with Gasteiger partial charge in [-0.15, -0.1) is 0 Å². The van der Waals surface area contributed by atoms with E-state index in [1.165, 1.54) is 12.1 Å². The summed E-state index contributed by atoms with van der Waals surface area (Å²) in [4.78, 5) is 23.6. The van der Waals surface area contributed by atoms with Crippen LogP contribution in [0.3, 0.4) is 0 Å². The summed E-state index contributed by atoms with van der Waals surface area (Å²) in [5.41, 5.74) is 0.922. The van der Waals surface area contributed by atoms with Gasteiger partial charge in [-0.1, -0.05) is 35.3 Å². The third-order valence-electron chi connectivity index (χ3n) is 2.90. The molecule has 0 bridgehead atoms. The van der Waals surface area contributed by atoms with E-state index in [0.29, 0.717) is 10.7 Å². The fraction of sp³-hybridized carbons (Fsp3) is 0.125. The van der Waals surface area contributed by atoms with E-state index in [1.807, 2.05) is 6.92 Å². The van der Waals surface area contributed by atoms with E-state index in [2.05, 4.69) is 5.32 Å². The number of hydrogen-bond acceptors (Lipinski definition) is 3. The van der Waals surface area contributed by atoms with Crippen LogP contribution >= 0.6 is 23.2 Å². The molecule has 0 aliphatic rings. The molecule has 120 valence electrons. The topological polar surface area (TPSA) is 55.4 Å². The molecule has 7 heteroatoms. The highest BCUT2D eigenvalue weighted by Gasteiger charge is 2.18. The molecular formula is C16H12Cl2FNO3. The van der Waals surface area contributed by atoms with Crippen molar-refractivity contribution in [3.8, 4) is 0 Å². The maximum atomic E-state index is 13.6. The minimum Gasteiger partial charge on any atom is -0.452 e. The van der Waals surface area contributed by atoms with E-state index < -0.39 is 29.9 Å². The number of amides is 1. The largest absolute Gasteiger partial charge is 0.452 e. The van der Waals surface area contributed by atoms with Crippen molar-refractivity contribution in [3.05, 3.63) is 63.4 Å². The third kappa shape index (κ3) is 4.43. The van der Waals surface area contributed by atoms with E-state index >= 15 is 0 Å². The number of hydrogen-bond donors (Lipinski definition) is 1. The summed E-state index contributed by atoms with van der Waals surface area (Å²) in [5, 5.41) is 2.78. The average Bonchev–Trinajstić information content (AvgIpc) is 2.48. The fourth-order valence-electron chi connectivity index (χ4n) is 1.80. The summed E-state index contributed by atoms with van der Waals surface area (Å²) in [6.07, 6.45) is 0. The molecule has 23 heavy (non-hydrogen) atoms. The zero-order valence-electron chi connectivity index (χ0n) is 12.0. The van der Waals surface area contributed by atoms with Crippen LogP contribution in [-0.2, 0) is 9.53 Å². The van der Waals surface area contributed by atoms with Gasteiger partial charge in [-0.05, 0) is 36.8 Å². The molecule has 0 saturated heterocycles. The lowest BCUT2D eigenvalue weighted by Gasteiger charge is -2.09. The first-order valence-electron chi connectivity index (χ1n) is 6.55. The first-order chi connectivity index (χ1) is 10.9. The van der Waals surface area contributed by atoms with Crippen molar-refractivity contribution in [3.63, 3.8) is 0 Å². The van der Waals surface area contributed by atoms with Crippen LogP contribution in [0, 0.1) is 12.7 Å². The van der Waals surface area contributed by atoms with Gasteiger partial charge >= 0.3 is 5.97 Å². The minimum atomic E-state index is -1.02. The number of benzene rings is 2. The average molecular weight is 356 g/mol. The van der Waals surface area contributed by atoms with Crippen LogP contribution in [0.25, 0.3) is 0 Å². The fourth-order valence-corrected chi connectivity index (χ4v) is 2.33. The third-order valence-corrected chi connectivity index (χ3v) is 3.53. The summed E-state index contributed by atoms with van der Waals surface area (Å²) in [6, 6.07) is 8.88. The summed E-state index contributed by atoms with van der Waals surface area (Å²) in [6.45, 7) is 1.27. The molecule has 0 aliphatic heterocycles. The van der Waals surface area contributed by atoms with Gasteiger partial charge in [0, 0.05) is 0 Å². The van der Waals surface area contributed by atoms with Crippen LogP contribution in [-0.4, -0.2) is 18.5 Å². The Balaban J connectivity index is 1.98. The van der Waals surface area contributed by atoms with Gasteiger partial charge in [-0.3, -0.25) is 4.79 Å². The molecule has 0 saturated carbocycles. The molecule has 2 aromatic rings. The smallest absolute Gasteiger partial charge is 0.343 e. The van der Waals surface area contributed by atoms with Crippen LogP contribution in [0.5, 0.6) is 0 Å². The molecule has 2 rings (SSSR count). The number of halogens is 3. The van der Waals surface area contributed by atoms with Crippen LogP contribution < -0.4 is 5.32 Å². The number of esters is 1. The van der Waals surface area contributed by atoms with Crippen molar-refractivity contribution >= 4 is 40.8 Å². The molecule has 2 aromatic carbocycles. The van der Waals surface area contributed by atoms with Crippen molar-refractivity contribution in [1.82, 2.24) is 0 Å². The molecule has 0 heterocycles. The number of rotatable bonds is 4. The lowest BCUT2D eigenvalue weighted by molar-refractivity contribution is -0.119. The molecular weight excluding hydrogens is 344 g/mol. The lowest BCUT2D eigenvalue weighted by Crippen LogP contribution is -2.21. The highest BCUT2D eigenvalue weighted by atomic mass is 35.5. The van der Waals surface area contributed by atoms with Gasteiger partial charge in [0.15, 0.2) is 6.61 Å². The Morgan fingerprint density at radius 3 is 2.57 bits per heavy atom. The molecule has 0 aromatic heterocycles. The Morgan fingerprint density at radius 1 is 1.17 bits per heavy atom. The summed E-state index contributed by atoms with van der Waals surface area (Å²) < 4.78 is 18.3. The Bertz CT molecular complexity index is 745. The van der Waals surface area contributed by atoms with E-state index in [9.17, 15) is 14.0 Å². The van der Waals surface area contributed by atoms with Gasteiger partial charge in [0.1, 0.15) is 11.4 Å². The van der Waals surface area contributed by atoms with Crippen molar-refractivity contribution in [2.75, 3.05) is 11.9 Å². The van der Waals surface area contributed by atoms with E-state index in [1.54, 1.807) is 18.2 Å². The molecule has 0 unspecified atom stereocenters. The van der Waals surface area contributed by atoms with Gasteiger partial charge in [-0.2, -0.15) is 0 Å². The maximum absolute atomic E-state index is 13.6. The molecule has 0 spiro atoms. The number of ether oxygens (including phenoxy) is 1. The molecule has 0 atom stereocenters. The van der Waals surface area contributed by atoms with Crippen molar-refractivity contribution < 1.29 is 18.7 Å². The Kier molecular flexibility index (Phi) is 5.58. The first kappa shape index (κ1) is 17.2. The predicted molar refractivity (Wildman–Crippen MR) is 86.5 cm³/mol. The van der Waals surface area contributed by atoms with Gasteiger partial charge in [0.05, 0.1) is 15.7 Å². The minimum absolute atomic E-state index is 0.0861. The second-order valence-electron chi connectivity index (χ2n) is 4.70. The monoisotopic (exact) mass is 355 g/mol. The second kappa shape index (κ2) is 7.44. The standard InChI is InChI=1S/C16H12Cl2FNO3/c1-9-5-6-13(11(18)7-9)20-14(21)8-23-16(22)15-10(17)3-2-4-12(15)19/h2-7H,8H2,1H3,(H,20,21). The Labute approximate surface area is 142 Å². The van der Waals surface area contributed by atoms with Crippen molar-refractivity contribution in [1.29, 1.82) is 0 Å². The van der Waals surface area contributed by atoms with E-state index in [0.717, 1.165) is 11.6 Å². The molecule has 1 amide bonds. The predicted octanol–water partition coefficient (Wildman–Crippen LogP) is 4.24. The van der Waals surface area contributed by atoms with Gasteiger partial charge < -0.3 is 10.1 Å². The van der Waals surface area contributed by atoms with E-state index in [-0.39, 0.29) is 5.02 Å². The van der Waals surface area contributed by atoms with Crippen LogP contribution in [0.4, 0.5) is 10.1 Å². The SMILES string of the molecule is Cc1ccc(NC(=O)COC(=O)c2c(F)cccc2Cl)c(Cl)c1. The molecule has 0 fully saturated rings. The summed E-state index contributed by atoms with van der Waals surface area (Å²) in [5.74, 6) is -2.43. The molecule has 4 nitrogen and oxygen atoms in total. The summed E-state index contributed by atoms with van der Waals surface area (Å²) >= 11 is 11.7. The van der Waals surface area contributed by atoms with Gasteiger partial charge in [-0.25, -0.2) is 9.18 Å². The number of carbonyl (C=O) groups excluding carboxylic acids is 2.